The Hall–Kier alpha value is -2.13. The maximum Gasteiger partial charge on any atom is 0.240 e. The fraction of sp³-hybridized carbons (Fsp3) is 0. The van der Waals surface area contributed by atoms with Crippen LogP contribution in [-0.2, 0) is 10.0 Å². The lowest BCUT2D eigenvalue weighted by Gasteiger charge is -2.06. The minimum Gasteiger partial charge on any atom is -0.275 e. The van der Waals surface area contributed by atoms with Crippen molar-refractivity contribution in [3.8, 4) is 12.1 Å². The average molecular weight is 284 g/mol. The van der Waals surface area contributed by atoms with E-state index in [-0.39, 0.29) is 15.6 Å². The molecule has 0 aromatic heterocycles. The molecule has 0 fully saturated rings. The molecule has 0 radical (unpaired) electrons. The van der Waals surface area contributed by atoms with Crippen molar-refractivity contribution in [2.75, 3.05) is 5.43 Å². The Kier molecular flexibility index (Phi) is 4.23. The summed E-state index contributed by atoms with van der Waals surface area (Å²) in [5.41, 5.74) is 1.84. The van der Waals surface area contributed by atoms with Crippen molar-refractivity contribution in [3.05, 3.63) is 23.2 Å². The molecule has 0 bridgehead atoms. The Balaban J connectivity index is 3.24. The van der Waals surface area contributed by atoms with Crippen LogP contribution in [0.1, 0.15) is 0 Å². The summed E-state index contributed by atoms with van der Waals surface area (Å²) in [6.45, 7) is 0. The smallest absolute Gasteiger partial charge is 0.240 e. The predicted octanol–water partition coefficient (Wildman–Crippen LogP) is 0.802. The van der Waals surface area contributed by atoms with Gasteiger partial charge in [-0.1, -0.05) is 11.6 Å². The van der Waals surface area contributed by atoms with Gasteiger partial charge in [-0.3, -0.25) is 5.43 Å². The van der Waals surface area contributed by atoms with E-state index >= 15 is 0 Å². The van der Waals surface area contributed by atoms with Crippen LogP contribution < -0.4 is 10.6 Å². The van der Waals surface area contributed by atoms with Crippen LogP contribution in [0.15, 0.2) is 28.2 Å². The van der Waals surface area contributed by atoms with Gasteiger partial charge in [0, 0.05) is 5.02 Å². The highest BCUT2D eigenvalue weighted by atomic mass is 35.5. The van der Waals surface area contributed by atoms with Crippen LogP contribution in [0.3, 0.4) is 0 Å². The number of hydrogen-bond donors (Lipinski definition) is 2. The Labute approximate surface area is 108 Å². The van der Waals surface area contributed by atoms with Crippen LogP contribution in [0, 0.1) is 22.7 Å². The van der Waals surface area contributed by atoms with Crippen molar-refractivity contribution < 1.29 is 8.42 Å². The largest absolute Gasteiger partial charge is 0.275 e. The van der Waals surface area contributed by atoms with Crippen molar-refractivity contribution in [2.45, 2.75) is 4.90 Å². The first-order chi connectivity index (χ1) is 8.38. The lowest BCUT2D eigenvalue weighted by molar-refractivity contribution is 0.598. The number of rotatable bonds is 3. The Morgan fingerprint density at radius 3 is 2.50 bits per heavy atom. The van der Waals surface area contributed by atoms with E-state index in [1.807, 2.05) is 0 Å². The van der Waals surface area contributed by atoms with Crippen molar-refractivity contribution in [1.29, 1.82) is 10.5 Å². The number of nitrogens with one attached hydrogen (secondary N) is 1. The molecule has 0 saturated heterocycles. The van der Waals surface area contributed by atoms with Crippen LogP contribution in [0.5, 0.6) is 0 Å². The normalized spacial score (nSPS) is 10.0. The van der Waals surface area contributed by atoms with Crippen molar-refractivity contribution in [1.82, 2.24) is 0 Å². The summed E-state index contributed by atoms with van der Waals surface area (Å²) in [6.07, 6.45) is 0. The zero-order valence-corrected chi connectivity index (χ0v) is 10.3. The number of nitriles is 2. The first-order valence-corrected chi connectivity index (χ1v) is 6.27. The lowest BCUT2D eigenvalue weighted by Crippen LogP contribution is -2.14. The second-order valence-corrected chi connectivity index (χ2v) is 4.95. The molecule has 92 valence electrons. The van der Waals surface area contributed by atoms with Gasteiger partial charge < -0.3 is 0 Å². The van der Waals surface area contributed by atoms with Gasteiger partial charge in [0.15, 0.2) is 0 Å². The van der Waals surface area contributed by atoms with Crippen LogP contribution in [-0.4, -0.2) is 14.1 Å². The van der Waals surface area contributed by atoms with E-state index in [2.05, 4.69) is 10.5 Å². The molecule has 0 aliphatic carbocycles. The standard InChI is InChI=1S/C9H6ClN5O2S/c10-6-1-2-8(9(3-6)18(13,16)17)15-14-7(4-11)5-12/h1-3,15H,(H2,13,16,17). The molecule has 18 heavy (non-hydrogen) atoms. The number of halogens is 1. The quantitative estimate of drug-likeness (QED) is 0.625. The second-order valence-electron chi connectivity index (χ2n) is 2.98. The molecule has 0 aliphatic heterocycles. The third kappa shape index (κ3) is 3.43. The van der Waals surface area contributed by atoms with Gasteiger partial charge in [-0.05, 0) is 18.2 Å². The van der Waals surface area contributed by atoms with Gasteiger partial charge in [0.05, 0.1) is 5.69 Å². The summed E-state index contributed by atoms with van der Waals surface area (Å²) in [4.78, 5) is -0.283. The molecule has 1 aromatic rings. The highest BCUT2D eigenvalue weighted by Crippen LogP contribution is 2.24. The first kappa shape index (κ1) is 13.9. The summed E-state index contributed by atoms with van der Waals surface area (Å²) in [7, 11) is -4.00. The minimum atomic E-state index is -4.00. The molecule has 0 unspecified atom stereocenters. The molecule has 0 aliphatic rings. The highest BCUT2D eigenvalue weighted by molar-refractivity contribution is 7.89. The molecule has 3 N–H and O–H groups in total. The third-order valence-electron chi connectivity index (χ3n) is 1.75. The van der Waals surface area contributed by atoms with E-state index in [1.165, 1.54) is 24.3 Å². The summed E-state index contributed by atoms with van der Waals surface area (Å²) in [5.74, 6) is 0. The number of nitrogens with two attached hydrogens (primary N) is 1. The summed E-state index contributed by atoms with van der Waals surface area (Å²) >= 11 is 5.65. The van der Waals surface area contributed by atoms with E-state index in [9.17, 15) is 8.42 Å². The maximum atomic E-state index is 11.3. The number of hydrogen-bond acceptors (Lipinski definition) is 6. The Morgan fingerprint density at radius 2 is 2.00 bits per heavy atom. The van der Waals surface area contributed by atoms with Gasteiger partial charge in [-0.2, -0.15) is 15.6 Å². The number of hydrazone groups is 1. The van der Waals surface area contributed by atoms with Crippen LogP contribution >= 0.6 is 11.6 Å². The van der Waals surface area contributed by atoms with Gasteiger partial charge >= 0.3 is 0 Å². The third-order valence-corrected chi connectivity index (χ3v) is 2.94. The first-order valence-electron chi connectivity index (χ1n) is 4.34. The van der Waals surface area contributed by atoms with Gasteiger partial charge in [0.2, 0.25) is 15.7 Å². The van der Waals surface area contributed by atoms with E-state index in [0.29, 0.717) is 0 Å². The second kappa shape index (κ2) is 5.47. The van der Waals surface area contributed by atoms with Gasteiger partial charge in [0.25, 0.3) is 0 Å². The van der Waals surface area contributed by atoms with E-state index < -0.39 is 15.7 Å². The predicted molar refractivity (Wildman–Crippen MR) is 65.1 cm³/mol. The molecular formula is C9H6ClN5O2S. The number of nitrogens with zero attached hydrogens (tertiary/aromatic N) is 3. The highest BCUT2D eigenvalue weighted by Gasteiger charge is 2.14. The maximum absolute atomic E-state index is 11.3. The molecule has 0 atom stereocenters. The fourth-order valence-electron chi connectivity index (χ4n) is 1.02. The van der Waals surface area contributed by atoms with Crippen LogP contribution in [0.25, 0.3) is 0 Å². The molecule has 1 aromatic carbocycles. The number of sulfonamides is 1. The summed E-state index contributed by atoms with van der Waals surface area (Å²) in [6, 6.07) is 6.88. The topological polar surface area (TPSA) is 132 Å². The van der Waals surface area contributed by atoms with Gasteiger partial charge in [0.1, 0.15) is 17.0 Å². The number of anilines is 1. The van der Waals surface area contributed by atoms with Crippen molar-refractivity contribution in [3.63, 3.8) is 0 Å². The van der Waals surface area contributed by atoms with Crippen molar-refractivity contribution in [2.24, 2.45) is 10.2 Å². The minimum absolute atomic E-state index is 0.0184. The Bertz CT molecular complexity index is 668. The van der Waals surface area contributed by atoms with E-state index in [1.54, 1.807) is 0 Å². The van der Waals surface area contributed by atoms with Gasteiger partial charge in [-0.15, -0.1) is 0 Å². The van der Waals surface area contributed by atoms with Crippen molar-refractivity contribution >= 4 is 33.0 Å². The summed E-state index contributed by atoms with van der Waals surface area (Å²) < 4.78 is 22.6. The molecule has 0 spiro atoms. The molecule has 7 nitrogen and oxygen atoms in total. The van der Waals surface area contributed by atoms with Gasteiger partial charge in [-0.25, -0.2) is 13.6 Å². The number of primary sulfonamides is 1. The Morgan fingerprint density at radius 1 is 1.39 bits per heavy atom. The zero-order chi connectivity index (χ0) is 13.8. The van der Waals surface area contributed by atoms with E-state index in [0.717, 1.165) is 6.07 Å². The van der Waals surface area contributed by atoms with Crippen LogP contribution in [0.2, 0.25) is 5.02 Å². The molecule has 9 heteroatoms. The van der Waals surface area contributed by atoms with E-state index in [4.69, 9.17) is 27.3 Å². The molecule has 0 saturated carbocycles. The lowest BCUT2D eigenvalue weighted by atomic mass is 10.3. The van der Waals surface area contributed by atoms with Crippen LogP contribution in [0.4, 0.5) is 5.69 Å². The summed E-state index contributed by atoms with van der Waals surface area (Å²) in [5, 5.41) is 25.5. The molecule has 0 amide bonds. The average Bonchev–Trinajstić information content (AvgIpc) is 2.30. The monoisotopic (exact) mass is 283 g/mol. The number of benzene rings is 1. The SMILES string of the molecule is N#CC(C#N)=NNc1ccc(Cl)cc1S(N)(=O)=O. The zero-order valence-electron chi connectivity index (χ0n) is 8.75. The molecule has 1 rings (SSSR count). The molecular weight excluding hydrogens is 278 g/mol. The molecule has 0 heterocycles. The fourth-order valence-corrected chi connectivity index (χ4v) is 1.96.